The van der Waals surface area contributed by atoms with Gasteiger partial charge < -0.3 is 15.0 Å². The monoisotopic (exact) mass is 300 g/mol. The Morgan fingerprint density at radius 1 is 1.14 bits per heavy atom. The van der Waals surface area contributed by atoms with Crippen molar-refractivity contribution < 1.29 is 14.7 Å². The van der Waals surface area contributed by atoms with Crippen LogP contribution in [0.2, 0.25) is 0 Å². The first-order valence-electron chi connectivity index (χ1n) is 7.20. The van der Waals surface area contributed by atoms with E-state index in [1.54, 1.807) is 61.6 Å². The van der Waals surface area contributed by atoms with Crippen molar-refractivity contribution in [1.29, 1.82) is 0 Å². The molecule has 1 atom stereocenters. The number of H-pyrrole nitrogens is 1. The lowest BCUT2D eigenvalue weighted by Crippen LogP contribution is -2.29. The summed E-state index contributed by atoms with van der Waals surface area (Å²) < 4.78 is 0. The molecule has 0 aliphatic carbocycles. The largest absolute Gasteiger partial charge is 0.393 e. The molecule has 2 rings (SSSR count). The summed E-state index contributed by atoms with van der Waals surface area (Å²) in [6.45, 7) is 2.18. The highest BCUT2D eigenvalue weighted by atomic mass is 16.3. The van der Waals surface area contributed by atoms with Crippen molar-refractivity contribution in [2.45, 2.75) is 19.4 Å². The van der Waals surface area contributed by atoms with Gasteiger partial charge in [-0.3, -0.25) is 9.59 Å². The van der Waals surface area contributed by atoms with Gasteiger partial charge in [-0.2, -0.15) is 0 Å². The van der Waals surface area contributed by atoms with E-state index < -0.39 is 6.10 Å². The number of benzene rings is 1. The Kier molecular flexibility index (Phi) is 5.12. The fourth-order valence-electron chi connectivity index (χ4n) is 2.10. The SMILES string of the molecule is CC(O)CCN(C)C(=O)c1ccc(C(=O)c2cc[nH]c2)cc1. The van der Waals surface area contributed by atoms with Crippen LogP contribution in [0.15, 0.2) is 42.7 Å². The first kappa shape index (κ1) is 16.0. The second-order valence-corrected chi connectivity index (χ2v) is 5.37. The summed E-state index contributed by atoms with van der Waals surface area (Å²) in [5.74, 6) is -0.205. The number of hydrogen-bond donors (Lipinski definition) is 2. The molecule has 0 spiro atoms. The Morgan fingerprint density at radius 2 is 1.77 bits per heavy atom. The maximum atomic E-state index is 12.2. The number of rotatable bonds is 6. The Morgan fingerprint density at radius 3 is 2.32 bits per heavy atom. The van der Waals surface area contributed by atoms with Crippen molar-refractivity contribution in [1.82, 2.24) is 9.88 Å². The van der Waals surface area contributed by atoms with Gasteiger partial charge >= 0.3 is 0 Å². The summed E-state index contributed by atoms with van der Waals surface area (Å²) in [5.41, 5.74) is 1.66. The summed E-state index contributed by atoms with van der Waals surface area (Å²) >= 11 is 0. The Hall–Kier alpha value is -2.40. The fourth-order valence-corrected chi connectivity index (χ4v) is 2.10. The van der Waals surface area contributed by atoms with Gasteiger partial charge in [0, 0.05) is 42.7 Å². The molecular formula is C17H20N2O3. The zero-order chi connectivity index (χ0) is 16.1. The molecule has 5 heteroatoms. The lowest BCUT2D eigenvalue weighted by Gasteiger charge is -2.18. The fraction of sp³-hybridized carbons (Fsp3) is 0.294. The lowest BCUT2D eigenvalue weighted by molar-refractivity contribution is 0.0768. The van der Waals surface area contributed by atoms with Crippen molar-refractivity contribution in [3.63, 3.8) is 0 Å². The molecule has 0 saturated carbocycles. The van der Waals surface area contributed by atoms with E-state index in [1.807, 2.05) is 0 Å². The van der Waals surface area contributed by atoms with E-state index in [9.17, 15) is 14.7 Å². The maximum Gasteiger partial charge on any atom is 0.253 e. The van der Waals surface area contributed by atoms with Gasteiger partial charge in [-0.15, -0.1) is 0 Å². The normalized spacial score (nSPS) is 12.0. The summed E-state index contributed by atoms with van der Waals surface area (Å²) in [5, 5.41) is 9.26. The van der Waals surface area contributed by atoms with Crippen molar-refractivity contribution in [2.24, 2.45) is 0 Å². The molecule has 1 aromatic carbocycles. The molecule has 0 bridgehead atoms. The standard InChI is InChI=1S/C17H20N2O3/c1-12(20)8-10-19(2)17(22)14-5-3-13(4-6-14)16(21)15-7-9-18-11-15/h3-7,9,11-12,18,20H,8,10H2,1-2H3. The summed E-state index contributed by atoms with van der Waals surface area (Å²) in [4.78, 5) is 28.8. The molecule has 0 fully saturated rings. The number of carbonyl (C=O) groups excluding carboxylic acids is 2. The number of aromatic nitrogens is 1. The highest BCUT2D eigenvalue weighted by Gasteiger charge is 2.14. The maximum absolute atomic E-state index is 12.2. The zero-order valence-electron chi connectivity index (χ0n) is 12.7. The van der Waals surface area contributed by atoms with Gasteiger partial charge in [-0.1, -0.05) is 12.1 Å². The van der Waals surface area contributed by atoms with Crippen LogP contribution in [0.3, 0.4) is 0 Å². The number of aliphatic hydroxyl groups excluding tert-OH is 1. The van der Waals surface area contributed by atoms with Crippen LogP contribution in [0.4, 0.5) is 0 Å². The number of aliphatic hydroxyl groups is 1. The van der Waals surface area contributed by atoms with Crippen LogP contribution in [-0.2, 0) is 0 Å². The van der Waals surface area contributed by atoms with E-state index >= 15 is 0 Å². The minimum Gasteiger partial charge on any atom is -0.393 e. The zero-order valence-corrected chi connectivity index (χ0v) is 12.7. The molecule has 5 nitrogen and oxygen atoms in total. The molecule has 116 valence electrons. The smallest absolute Gasteiger partial charge is 0.253 e. The summed E-state index contributed by atoms with van der Waals surface area (Å²) in [6.07, 6.45) is 3.44. The minimum atomic E-state index is -0.434. The molecule has 1 heterocycles. The number of hydrogen-bond acceptors (Lipinski definition) is 3. The number of ketones is 1. The molecule has 0 radical (unpaired) electrons. The molecule has 2 N–H and O–H groups in total. The Balaban J connectivity index is 2.05. The van der Waals surface area contributed by atoms with Gasteiger partial charge in [0.15, 0.2) is 5.78 Å². The van der Waals surface area contributed by atoms with E-state index in [0.717, 1.165) is 0 Å². The van der Waals surface area contributed by atoms with E-state index in [1.165, 1.54) is 0 Å². The Bertz CT molecular complexity index is 630. The van der Waals surface area contributed by atoms with Crippen LogP contribution in [0.1, 0.15) is 39.6 Å². The molecule has 0 aliphatic heterocycles. The Labute approximate surface area is 129 Å². The predicted octanol–water partition coefficient (Wildman–Crippen LogP) is 2.09. The molecule has 1 unspecified atom stereocenters. The van der Waals surface area contributed by atoms with Crippen LogP contribution in [-0.4, -0.2) is 46.4 Å². The topological polar surface area (TPSA) is 73.4 Å². The molecular weight excluding hydrogens is 280 g/mol. The van der Waals surface area contributed by atoms with Crippen LogP contribution in [0.25, 0.3) is 0 Å². The van der Waals surface area contributed by atoms with Crippen molar-refractivity contribution in [2.75, 3.05) is 13.6 Å². The quantitative estimate of drug-likeness (QED) is 0.802. The van der Waals surface area contributed by atoms with Gasteiger partial charge in [0.1, 0.15) is 0 Å². The first-order valence-corrected chi connectivity index (χ1v) is 7.20. The van der Waals surface area contributed by atoms with Crippen LogP contribution < -0.4 is 0 Å². The van der Waals surface area contributed by atoms with Gasteiger partial charge in [0.05, 0.1) is 6.10 Å². The van der Waals surface area contributed by atoms with E-state index in [0.29, 0.717) is 29.7 Å². The summed E-state index contributed by atoms with van der Waals surface area (Å²) in [7, 11) is 1.70. The van der Waals surface area contributed by atoms with E-state index in [4.69, 9.17) is 0 Å². The van der Waals surface area contributed by atoms with Crippen molar-refractivity contribution in [3.8, 4) is 0 Å². The first-order chi connectivity index (χ1) is 10.5. The third-order valence-corrected chi connectivity index (χ3v) is 3.48. The van der Waals surface area contributed by atoms with Gasteiger partial charge in [0.25, 0.3) is 5.91 Å². The van der Waals surface area contributed by atoms with Gasteiger partial charge in [0.2, 0.25) is 0 Å². The van der Waals surface area contributed by atoms with Gasteiger partial charge in [-0.05, 0) is 31.5 Å². The number of amides is 1. The summed E-state index contributed by atoms with van der Waals surface area (Å²) in [6, 6.07) is 8.34. The van der Waals surface area contributed by atoms with Crippen LogP contribution in [0, 0.1) is 0 Å². The minimum absolute atomic E-state index is 0.0808. The average Bonchev–Trinajstić information content (AvgIpc) is 3.05. The number of nitrogens with one attached hydrogen (secondary N) is 1. The van der Waals surface area contributed by atoms with E-state index in [-0.39, 0.29) is 11.7 Å². The van der Waals surface area contributed by atoms with Crippen LogP contribution in [0.5, 0.6) is 0 Å². The second kappa shape index (κ2) is 7.04. The number of nitrogens with zero attached hydrogens (tertiary/aromatic N) is 1. The van der Waals surface area contributed by atoms with Crippen LogP contribution >= 0.6 is 0 Å². The predicted molar refractivity (Wildman–Crippen MR) is 83.9 cm³/mol. The van der Waals surface area contributed by atoms with Crippen molar-refractivity contribution >= 4 is 11.7 Å². The third kappa shape index (κ3) is 3.83. The molecule has 2 aromatic rings. The number of aromatic amines is 1. The van der Waals surface area contributed by atoms with E-state index in [2.05, 4.69) is 4.98 Å². The van der Waals surface area contributed by atoms with Crippen molar-refractivity contribution in [3.05, 3.63) is 59.4 Å². The molecule has 1 amide bonds. The average molecular weight is 300 g/mol. The molecule has 1 aromatic heterocycles. The third-order valence-electron chi connectivity index (χ3n) is 3.48. The van der Waals surface area contributed by atoms with Gasteiger partial charge in [-0.25, -0.2) is 0 Å². The molecule has 22 heavy (non-hydrogen) atoms. The highest BCUT2D eigenvalue weighted by molar-refractivity contribution is 6.09. The second-order valence-electron chi connectivity index (χ2n) is 5.37. The highest BCUT2D eigenvalue weighted by Crippen LogP contribution is 2.12. The molecule has 0 saturated heterocycles. The lowest BCUT2D eigenvalue weighted by atomic mass is 10.0. The molecule has 0 aliphatic rings. The number of carbonyl (C=O) groups is 2.